The number of rotatable bonds is 4. The Morgan fingerprint density at radius 3 is 2.48 bits per heavy atom. The summed E-state index contributed by atoms with van der Waals surface area (Å²) in [6, 6.07) is 11.0. The van der Waals surface area contributed by atoms with E-state index in [2.05, 4.69) is 13.8 Å². The normalized spacial score (nSPS) is 11.2. The molecule has 4 heteroatoms. The highest BCUT2D eigenvalue weighted by Crippen LogP contribution is 2.27. The number of esters is 1. The molecule has 0 fully saturated rings. The van der Waals surface area contributed by atoms with Gasteiger partial charge in [-0.05, 0) is 61.6 Å². The number of aryl methyl sites for hydroxylation is 3. The van der Waals surface area contributed by atoms with Crippen LogP contribution in [0.1, 0.15) is 57.9 Å². The van der Waals surface area contributed by atoms with Crippen LogP contribution in [0.5, 0.6) is 0 Å². The van der Waals surface area contributed by atoms with E-state index in [1.165, 1.54) is 11.6 Å². The average molecular weight is 364 g/mol. The molecule has 0 bridgehead atoms. The first-order chi connectivity index (χ1) is 12.8. The summed E-state index contributed by atoms with van der Waals surface area (Å²) in [7, 11) is 0. The monoisotopic (exact) mass is 364 g/mol. The SMILES string of the molecule is Cc1ccc(C)c(C(=O)OCc2cc(=O)oc3cc(C)c(C(C)C)cc23)c1. The lowest BCUT2D eigenvalue weighted by Crippen LogP contribution is -2.10. The minimum absolute atomic E-state index is 0.0227. The van der Waals surface area contributed by atoms with E-state index in [1.807, 2.05) is 51.1 Å². The van der Waals surface area contributed by atoms with E-state index in [4.69, 9.17) is 9.15 Å². The molecule has 0 unspecified atom stereocenters. The molecule has 0 radical (unpaired) electrons. The Morgan fingerprint density at radius 1 is 1.04 bits per heavy atom. The number of benzene rings is 2. The largest absolute Gasteiger partial charge is 0.457 e. The van der Waals surface area contributed by atoms with E-state index in [-0.39, 0.29) is 6.61 Å². The summed E-state index contributed by atoms with van der Waals surface area (Å²) >= 11 is 0. The molecule has 0 N–H and O–H groups in total. The van der Waals surface area contributed by atoms with Crippen LogP contribution in [0, 0.1) is 20.8 Å². The van der Waals surface area contributed by atoms with Crippen LogP contribution in [0.3, 0.4) is 0 Å². The molecular weight excluding hydrogens is 340 g/mol. The Balaban J connectivity index is 1.96. The molecule has 0 aliphatic heterocycles. The fourth-order valence-electron chi connectivity index (χ4n) is 3.31. The molecule has 0 amide bonds. The van der Waals surface area contributed by atoms with Crippen molar-refractivity contribution in [3.05, 3.63) is 80.2 Å². The van der Waals surface area contributed by atoms with Gasteiger partial charge in [0.1, 0.15) is 12.2 Å². The number of carbonyl (C=O) groups excluding carboxylic acids is 1. The first kappa shape index (κ1) is 18.9. The van der Waals surface area contributed by atoms with Gasteiger partial charge in [0, 0.05) is 17.0 Å². The second-order valence-electron chi connectivity index (χ2n) is 7.34. The Morgan fingerprint density at radius 2 is 1.78 bits per heavy atom. The molecule has 0 saturated carbocycles. The van der Waals surface area contributed by atoms with Crippen molar-refractivity contribution in [2.45, 2.75) is 47.1 Å². The van der Waals surface area contributed by atoms with Crippen LogP contribution in [0.4, 0.5) is 0 Å². The lowest BCUT2D eigenvalue weighted by atomic mass is 9.95. The van der Waals surface area contributed by atoms with E-state index in [9.17, 15) is 9.59 Å². The van der Waals surface area contributed by atoms with Crippen molar-refractivity contribution in [2.24, 2.45) is 0 Å². The Hall–Kier alpha value is -2.88. The van der Waals surface area contributed by atoms with Gasteiger partial charge in [-0.25, -0.2) is 9.59 Å². The lowest BCUT2D eigenvalue weighted by Gasteiger charge is -2.13. The van der Waals surface area contributed by atoms with Gasteiger partial charge in [-0.3, -0.25) is 0 Å². The number of carbonyl (C=O) groups is 1. The third-order valence-electron chi connectivity index (χ3n) is 4.81. The molecule has 0 spiro atoms. The third kappa shape index (κ3) is 3.95. The quantitative estimate of drug-likeness (QED) is 0.472. The summed E-state index contributed by atoms with van der Waals surface area (Å²) < 4.78 is 10.9. The average Bonchev–Trinajstić information content (AvgIpc) is 2.60. The number of ether oxygens (including phenoxy) is 1. The molecule has 3 aromatic rings. The van der Waals surface area contributed by atoms with Gasteiger partial charge in [0.25, 0.3) is 0 Å². The van der Waals surface area contributed by atoms with Crippen LogP contribution in [-0.4, -0.2) is 5.97 Å². The lowest BCUT2D eigenvalue weighted by molar-refractivity contribution is 0.0473. The summed E-state index contributed by atoms with van der Waals surface area (Å²) in [5, 5.41) is 0.803. The summed E-state index contributed by atoms with van der Waals surface area (Å²) in [5.41, 5.74) is 5.38. The maximum absolute atomic E-state index is 12.5. The van der Waals surface area contributed by atoms with Crippen LogP contribution in [0.2, 0.25) is 0 Å². The molecule has 0 atom stereocenters. The van der Waals surface area contributed by atoms with Crippen molar-refractivity contribution in [1.82, 2.24) is 0 Å². The van der Waals surface area contributed by atoms with Gasteiger partial charge >= 0.3 is 11.6 Å². The van der Waals surface area contributed by atoms with Crippen LogP contribution < -0.4 is 5.63 Å². The second-order valence-corrected chi connectivity index (χ2v) is 7.34. The summed E-state index contributed by atoms with van der Waals surface area (Å²) in [6.45, 7) is 10.1. The van der Waals surface area contributed by atoms with E-state index < -0.39 is 11.6 Å². The van der Waals surface area contributed by atoms with Gasteiger partial charge in [0.15, 0.2) is 0 Å². The highest BCUT2D eigenvalue weighted by Gasteiger charge is 2.15. The predicted molar refractivity (Wildman–Crippen MR) is 106 cm³/mol. The molecule has 140 valence electrons. The van der Waals surface area contributed by atoms with E-state index in [1.54, 1.807) is 0 Å². The van der Waals surface area contributed by atoms with E-state index in [0.717, 1.165) is 22.1 Å². The standard InChI is InChI=1S/C23H24O4/c1-13(2)18-11-20-17(10-22(24)27-21(20)9-16(18)5)12-26-23(25)19-8-14(3)6-7-15(19)4/h6-11,13H,12H2,1-5H3. The summed E-state index contributed by atoms with van der Waals surface area (Å²) in [5.74, 6) is -0.0551. The minimum Gasteiger partial charge on any atom is -0.457 e. The van der Waals surface area contributed by atoms with Crippen LogP contribution >= 0.6 is 0 Å². The van der Waals surface area contributed by atoms with Gasteiger partial charge in [0.2, 0.25) is 0 Å². The van der Waals surface area contributed by atoms with Crippen molar-refractivity contribution in [1.29, 1.82) is 0 Å². The first-order valence-corrected chi connectivity index (χ1v) is 9.08. The van der Waals surface area contributed by atoms with Crippen LogP contribution in [0.15, 0.2) is 45.6 Å². The van der Waals surface area contributed by atoms with Gasteiger partial charge in [0.05, 0.1) is 5.56 Å². The maximum Gasteiger partial charge on any atom is 0.338 e. The van der Waals surface area contributed by atoms with Gasteiger partial charge in [-0.15, -0.1) is 0 Å². The molecule has 1 aromatic heterocycles. The van der Waals surface area contributed by atoms with E-state index in [0.29, 0.717) is 22.6 Å². The van der Waals surface area contributed by atoms with E-state index >= 15 is 0 Å². The van der Waals surface area contributed by atoms with Crippen molar-refractivity contribution in [3.8, 4) is 0 Å². The molecule has 2 aromatic carbocycles. The summed E-state index contributed by atoms with van der Waals surface area (Å²) in [4.78, 5) is 24.5. The number of hydrogen-bond acceptors (Lipinski definition) is 4. The zero-order valence-corrected chi connectivity index (χ0v) is 16.4. The zero-order valence-electron chi connectivity index (χ0n) is 16.4. The molecule has 0 aliphatic rings. The molecule has 0 aliphatic carbocycles. The Kier molecular flexibility index (Phi) is 5.17. The highest BCUT2D eigenvalue weighted by atomic mass is 16.5. The fraction of sp³-hybridized carbons (Fsp3) is 0.304. The smallest absolute Gasteiger partial charge is 0.338 e. The minimum atomic E-state index is -0.447. The Bertz CT molecular complexity index is 1070. The van der Waals surface area contributed by atoms with Crippen molar-refractivity contribution in [3.63, 3.8) is 0 Å². The fourth-order valence-corrected chi connectivity index (χ4v) is 3.31. The molecule has 4 nitrogen and oxygen atoms in total. The van der Waals surface area contributed by atoms with Gasteiger partial charge < -0.3 is 9.15 Å². The van der Waals surface area contributed by atoms with Crippen molar-refractivity contribution < 1.29 is 13.9 Å². The number of fused-ring (bicyclic) bond motifs is 1. The summed E-state index contributed by atoms with van der Waals surface area (Å²) in [6.07, 6.45) is 0. The van der Waals surface area contributed by atoms with Gasteiger partial charge in [-0.2, -0.15) is 0 Å². The van der Waals surface area contributed by atoms with Crippen molar-refractivity contribution >= 4 is 16.9 Å². The van der Waals surface area contributed by atoms with Crippen LogP contribution in [0.25, 0.3) is 11.0 Å². The Labute approximate surface area is 158 Å². The number of hydrogen-bond donors (Lipinski definition) is 0. The predicted octanol–water partition coefficient (Wildman–Crippen LogP) is 5.20. The molecule has 27 heavy (non-hydrogen) atoms. The maximum atomic E-state index is 12.5. The first-order valence-electron chi connectivity index (χ1n) is 9.08. The van der Waals surface area contributed by atoms with Crippen molar-refractivity contribution in [2.75, 3.05) is 0 Å². The topological polar surface area (TPSA) is 56.5 Å². The molecule has 0 saturated heterocycles. The molecule has 3 rings (SSSR count). The van der Waals surface area contributed by atoms with Gasteiger partial charge in [-0.1, -0.05) is 31.5 Å². The van der Waals surface area contributed by atoms with Crippen LogP contribution in [-0.2, 0) is 11.3 Å². The highest BCUT2D eigenvalue weighted by molar-refractivity contribution is 5.91. The zero-order chi connectivity index (χ0) is 19.7. The molecular formula is C23H24O4. The second kappa shape index (κ2) is 7.39. The molecule has 1 heterocycles. The third-order valence-corrected chi connectivity index (χ3v) is 4.81.